The van der Waals surface area contributed by atoms with Crippen molar-refractivity contribution in [2.45, 2.75) is 18.9 Å². The predicted molar refractivity (Wildman–Crippen MR) is 94.1 cm³/mol. The molecule has 4 rings (SSSR count). The summed E-state index contributed by atoms with van der Waals surface area (Å²) in [5.41, 5.74) is 1.92. The molecule has 0 spiro atoms. The van der Waals surface area contributed by atoms with Crippen molar-refractivity contribution in [1.29, 1.82) is 0 Å². The molecule has 1 aliphatic rings. The van der Waals surface area contributed by atoms with Crippen LogP contribution in [-0.4, -0.2) is 63.2 Å². The third-order valence-corrected chi connectivity index (χ3v) is 4.47. The number of nitrogens with one attached hydrogen (secondary N) is 1. The summed E-state index contributed by atoms with van der Waals surface area (Å²) in [4.78, 5) is 29.0. The SMILES string of the molecule is COc1ccc2nc(CO[C@H]3CN(C(=O)c4cncnc4)C[C@H]3F)[nH]c2c1. The molecule has 140 valence electrons. The lowest BCUT2D eigenvalue weighted by Gasteiger charge is -2.15. The van der Waals surface area contributed by atoms with Gasteiger partial charge in [-0.25, -0.2) is 19.3 Å². The molecule has 0 aliphatic carbocycles. The lowest BCUT2D eigenvalue weighted by Crippen LogP contribution is -2.30. The van der Waals surface area contributed by atoms with Crippen LogP contribution in [0.25, 0.3) is 11.0 Å². The van der Waals surface area contributed by atoms with Crippen molar-refractivity contribution < 1.29 is 18.7 Å². The number of hydrogen-bond donors (Lipinski definition) is 1. The minimum absolute atomic E-state index is 0.0181. The van der Waals surface area contributed by atoms with Crippen LogP contribution in [0, 0.1) is 0 Å². The number of alkyl halides is 1. The molecule has 27 heavy (non-hydrogen) atoms. The molecular formula is C18H18FN5O3. The van der Waals surface area contributed by atoms with Gasteiger partial charge in [0, 0.05) is 18.5 Å². The number of benzene rings is 1. The molecule has 0 saturated carbocycles. The van der Waals surface area contributed by atoms with Gasteiger partial charge in [-0.1, -0.05) is 0 Å². The molecule has 1 amide bonds. The maximum Gasteiger partial charge on any atom is 0.257 e. The largest absolute Gasteiger partial charge is 0.497 e. The third kappa shape index (κ3) is 3.59. The number of ether oxygens (including phenoxy) is 2. The molecule has 2 atom stereocenters. The Morgan fingerprint density at radius 1 is 1.33 bits per heavy atom. The van der Waals surface area contributed by atoms with Crippen LogP contribution in [-0.2, 0) is 11.3 Å². The highest BCUT2D eigenvalue weighted by molar-refractivity contribution is 5.93. The van der Waals surface area contributed by atoms with Crippen LogP contribution in [0.3, 0.4) is 0 Å². The van der Waals surface area contributed by atoms with Crippen LogP contribution in [0.1, 0.15) is 16.2 Å². The number of imidazole rings is 1. The Balaban J connectivity index is 1.39. The highest BCUT2D eigenvalue weighted by atomic mass is 19.1. The average molecular weight is 371 g/mol. The van der Waals surface area contributed by atoms with E-state index >= 15 is 0 Å². The molecule has 8 nitrogen and oxygen atoms in total. The van der Waals surface area contributed by atoms with Gasteiger partial charge in [-0.3, -0.25) is 4.79 Å². The number of hydrogen-bond acceptors (Lipinski definition) is 6. The number of aromatic nitrogens is 4. The summed E-state index contributed by atoms with van der Waals surface area (Å²) in [6.07, 6.45) is 2.20. The fourth-order valence-electron chi connectivity index (χ4n) is 3.07. The minimum atomic E-state index is -1.26. The number of fused-ring (bicyclic) bond motifs is 1. The highest BCUT2D eigenvalue weighted by Crippen LogP contribution is 2.22. The average Bonchev–Trinajstić information content (AvgIpc) is 3.28. The summed E-state index contributed by atoms with van der Waals surface area (Å²) in [7, 11) is 1.59. The lowest BCUT2D eigenvalue weighted by atomic mass is 10.3. The summed E-state index contributed by atoms with van der Waals surface area (Å²) in [5.74, 6) is 1.00. The summed E-state index contributed by atoms with van der Waals surface area (Å²) >= 11 is 0. The van der Waals surface area contributed by atoms with Gasteiger partial charge in [0.25, 0.3) is 5.91 Å². The van der Waals surface area contributed by atoms with Crippen LogP contribution < -0.4 is 4.74 Å². The molecule has 0 unspecified atom stereocenters. The molecule has 3 aromatic rings. The summed E-state index contributed by atoms with van der Waals surface area (Å²) in [6.45, 7) is 0.275. The molecule has 1 fully saturated rings. The summed E-state index contributed by atoms with van der Waals surface area (Å²) < 4.78 is 25.2. The van der Waals surface area contributed by atoms with Gasteiger partial charge in [-0.15, -0.1) is 0 Å². The molecule has 9 heteroatoms. The normalized spacial score (nSPS) is 19.6. The Morgan fingerprint density at radius 3 is 2.93 bits per heavy atom. The zero-order chi connectivity index (χ0) is 18.8. The Morgan fingerprint density at radius 2 is 2.15 bits per heavy atom. The Hall–Kier alpha value is -3.07. The van der Waals surface area contributed by atoms with Gasteiger partial charge in [-0.05, 0) is 12.1 Å². The van der Waals surface area contributed by atoms with Crippen molar-refractivity contribution in [2.24, 2.45) is 0 Å². The number of aromatic amines is 1. The third-order valence-electron chi connectivity index (χ3n) is 4.47. The van der Waals surface area contributed by atoms with Crippen LogP contribution in [0.5, 0.6) is 5.75 Å². The number of amides is 1. The van der Waals surface area contributed by atoms with E-state index in [1.165, 1.54) is 23.6 Å². The van der Waals surface area contributed by atoms with Crippen LogP contribution in [0.2, 0.25) is 0 Å². The number of nitrogens with zero attached hydrogens (tertiary/aromatic N) is 4. The van der Waals surface area contributed by atoms with E-state index in [9.17, 15) is 9.18 Å². The van der Waals surface area contributed by atoms with E-state index in [0.29, 0.717) is 11.4 Å². The topological polar surface area (TPSA) is 93.2 Å². The van der Waals surface area contributed by atoms with Crippen molar-refractivity contribution in [3.8, 4) is 5.75 Å². The van der Waals surface area contributed by atoms with E-state index in [4.69, 9.17) is 9.47 Å². The molecule has 1 aromatic carbocycles. The Kier molecular flexibility index (Phi) is 4.68. The van der Waals surface area contributed by atoms with Gasteiger partial charge >= 0.3 is 0 Å². The standard InChI is InChI=1S/C18H18FN5O3/c1-26-12-2-3-14-15(4-12)23-17(22-14)9-27-16-8-24(7-13(16)19)18(25)11-5-20-10-21-6-11/h2-6,10,13,16H,7-9H2,1H3,(H,22,23)/t13-,16+/m1/s1. The number of methoxy groups -OCH3 is 1. The van der Waals surface area contributed by atoms with E-state index in [1.54, 1.807) is 7.11 Å². The molecule has 2 aromatic heterocycles. The molecule has 1 saturated heterocycles. The molecular weight excluding hydrogens is 353 g/mol. The number of carbonyl (C=O) groups is 1. The number of halogens is 1. The number of H-pyrrole nitrogens is 1. The maximum absolute atomic E-state index is 14.3. The monoisotopic (exact) mass is 371 g/mol. The van der Waals surface area contributed by atoms with Gasteiger partial charge in [-0.2, -0.15) is 0 Å². The first kappa shape index (κ1) is 17.3. The van der Waals surface area contributed by atoms with Gasteiger partial charge < -0.3 is 19.4 Å². The quantitative estimate of drug-likeness (QED) is 0.734. The van der Waals surface area contributed by atoms with E-state index in [0.717, 1.165) is 16.8 Å². The van der Waals surface area contributed by atoms with Crippen LogP contribution >= 0.6 is 0 Å². The lowest BCUT2D eigenvalue weighted by molar-refractivity contribution is 0.00887. The first-order chi connectivity index (χ1) is 13.1. The molecule has 1 aliphatic heterocycles. The smallest absolute Gasteiger partial charge is 0.257 e. The van der Waals surface area contributed by atoms with Gasteiger partial charge in [0.15, 0.2) is 0 Å². The number of likely N-dealkylation sites (tertiary alicyclic amines) is 1. The Labute approximate surface area is 154 Å². The summed E-state index contributed by atoms with van der Waals surface area (Å²) in [5, 5.41) is 0. The van der Waals surface area contributed by atoms with E-state index in [2.05, 4.69) is 19.9 Å². The second kappa shape index (κ2) is 7.28. The Bertz CT molecular complexity index is 949. The van der Waals surface area contributed by atoms with Gasteiger partial charge in [0.2, 0.25) is 0 Å². The maximum atomic E-state index is 14.3. The van der Waals surface area contributed by atoms with Gasteiger partial charge in [0.1, 0.15) is 36.8 Å². The molecule has 0 bridgehead atoms. The van der Waals surface area contributed by atoms with Crippen molar-refractivity contribution in [3.63, 3.8) is 0 Å². The highest BCUT2D eigenvalue weighted by Gasteiger charge is 2.36. The zero-order valence-corrected chi connectivity index (χ0v) is 14.6. The van der Waals surface area contributed by atoms with E-state index in [-0.39, 0.29) is 25.6 Å². The zero-order valence-electron chi connectivity index (χ0n) is 14.6. The van der Waals surface area contributed by atoms with Crippen molar-refractivity contribution in [3.05, 3.63) is 48.3 Å². The number of rotatable bonds is 5. The fraction of sp³-hybridized carbons (Fsp3) is 0.333. The van der Waals surface area contributed by atoms with E-state index in [1.807, 2.05) is 18.2 Å². The second-order valence-corrected chi connectivity index (χ2v) is 6.27. The van der Waals surface area contributed by atoms with E-state index < -0.39 is 12.3 Å². The van der Waals surface area contributed by atoms with Crippen LogP contribution in [0.4, 0.5) is 4.39 Å². The molecule has 0 radical (unpaired) electrons. The minimum Gasteiger partial charge on any atom is -0.497 e. The fourth-order valence-corrected chi connectivity index (χ4v) is 3.07. The first-order valence-corrected chi connectivity index (χ1v) is 8.46. The van der Waals surface area contributed by atoms with Crippen molar-refractivity contribution in [2.75, 3.05) is 20.2 Å². The first-order valence-electron chi connectivity index (χ1n) is 8.46. The van der Waals surface area contributed by atoms with Crippen molar-refractivity contribution in [1.82, 2.24) is 24.8 Å². The predicted octanol–water partition coefficient (Wildman–Crippen LogP) is 1.74. The number of carbonyl (C=O) groups excluding carboxylic acids is 1. The van der Waals surface area contributed by atoms with Crippen molar-refractivity contribution >= 4 is 16.9 Å². The molecule has 1 N–H and O–H groups in total. The second-order valence-electron chi connectivity index (χ2n) is 6.27. The summed E-state index contributed by atoms with van der Waals surface area (Å²) in [6, 6.07) is 5.49. The molecule has 3 heterocycles. The van der Waals surface area contributed by atoms with Gasteiger partial charge in [0.05, 0.1) is 36.8 Å². The van der Waals surface area contributed by atoms with Crippen LogP contribution in [0.15, 0.2) is 36.9 Å².